The third-order valence-corrected chi connectivity index (χ3v) is 6.93. The van der Waals surface area contributed by atoms with Gasteiger partial charge < -0.3 is 4.90 Å². The average molecular weight is 408 g/mol. The number of carbonyl (C=O) groups is 1. The average Bonchev–Trinajstić information content (AvgIpc) is 3.22. The van der Waals surface area contributed by atoms with Gasteiger partial charge in [-0.05, 0) is 49.9 Å². The summed E-state index contributed by atoms with van der Waals surface area (Å²) in [7, 11) is 0. The van der Waals surface area contributed by atoms with E-state index in [1.165, 1.54) is 22.2 Å². The van der Waals surface area contributed by atoms with Crippen LogP contribution in [0.25, 0.3) is 0 Å². The molecule has 0 aliphatic carbocycles. The first-order chi connectivity index (χ1) is 13.6. The largest absolute Gasteiger partial charge is 0.334 e. The first-order valence-electron chi connectivity index (χ1n) is 9.17. The molecule has 1 fully saturated rings. The van der Waals surface area contributed by atoms with Crippen LogP contribution in [0.2, 0.25) is 0 Å². The predicted octanol–water partition coefficient (Wildman–Crippen LogP) is 5.55. The summed E-state index contributed by atoms with van der Waals surface area (Å²) < 4.78 is 0. The standard InChI is InChI=1S/C22H21N3OS2/c1-4-14-25-20(26)19(28-22(25)23-16-12-10-15(3)11-13-16)21-24(5-2)17-8-6-7-9-18(17)27-21/h4,6-13H,1,5,14H2,2-3H3/b21-19-,23-22?. The van der Waals surface area contributed by atoms with E-state index in [0.717, 1.165) is 27.9 Å². The van der Waals surface area contributed by atoms with E-state index in [1.807, 2.05) is 43.3 Å². The molecule has 4 nitrogen and oxygen atoms in total. The van der Waals surface area contributed by atoms with Gasteiger partial charge >= 0.3 is 0 Å². The van der Waals surface area contributed by atoms with Crippen molar-refractivity contribution < 1.29 is 4.79 Å². The van der Waals surface area contributed by atoms with Crippen molar-refractivity contribution in [1.82, 2.24) is 4.90 Å². The number of para-hydroxylation sites is 1. The lowest BCUT2D eigenvalue weighted by molar-refractivity contribution is -0.121. The summed E-state index contributed by atoms with van der Waals surface area (Å²) in [4.78, 5) is 23.8. The maximum atomic E-state index is 13.2. The number of fused-ring (bicyclic) bond motifs is 1. The summed E-state index contributed by atoms with van der Waals surface area (Å²) in [5, 5.41) is 1.69. The van der Waals surface area contributed by atoms with Crippen LogP contribution in [-0.2, 0) is 4.79 Å². The Morgan fingerprint density at radius 2 is 1.82 bits per heavy atom. The molecule has 0 N–H and O–H groups in total. The maximum Gasteiger partial charge on any atom is 0.269 e. The zero-order valence-corrected chi connectivity index (χ0v) is 17.5. The highest BCUT2D eigenvalue weighted by Gasteiger charge is 2.39. The molecule has 4 rings (SSSR count). The van der Waals surface area contributed by atoms with Gasteiger partial charge in [0.25, 0.3) is 5.91 Å². The number of amides is 1. The van der Waals surface area contributed by atoms with Crippen molar-refractivity contribution >= 4 is 46.0 Å². The van der Waals surface area contributed by atoms with Crippen LogP contribution in [0.3, 0.4) is 0 Å². The van der Waals surface area contributed by atoms with Crippen LogP contribution in [0.15, 0.2) is 81.0 Å². The Kier molecular flexibility index (Phi) is 5.33. The minimum absolute atomic E-state index is 0.00971. The quantitative estimate of drug-likeness (QED) is 0.492. The van der Waals surface area contributed by atoms with Crippen molar-refractivity contribution in [3.63, 3.8) is 0 Å². The van der Waals surface area contributed by atoms with Crippen molar-refractivity contribution in [2.45, 2.75) is 18.7 Å². The zero-order valence-electron chi connectivity index (χ0n) is 15.9. The molecular weight excluding hydrogens is 386 g/mol. The Balaban J connectivity index is 1.75. The fraction of sp³-hybridized carbons (Fsp3) is 0.182. The Bertz CT molecular complexity index is 995. The molecule has 6 heteroatoms. The Morgan fingerprint density at radius 1 is 1.07 bits per heavy atom. The van der Waals surface area contributed by atoms with E-state index < -0.39 is 0 Å². The van der Waals surface area contributed by atoms with E-state index in [-0.39, 0.29) is 5.91 Å². The smallest absolute Gasteiger partial charge is 0.269 e. The lowest BCUT2D eigenvalue weighted by atomic mass is 10.2. The fourth-order valence-corrected chi connectivity index (χ4v) is 5.56. The summed E-state index contributed by atoms with van der Waals surface area (Å²) in [6.07, 6.45) is 1.74. The van der Waals surface area contributed by atoms with Crippen LogP contribution in [0, 0.1) is 6.92 Å². The molecule has 0 aromatic heterocycles. The van der Waals surface area contributed by atoms with E-state index >= 15 is 0 Å². The van der Waals surface area contributed by atoms with Crippen LogP contribution in [0.4, 0.5) is 11.4 Å². The third-order valence-electron chi connectivity index (χ3n) is 4.55. The molecule has 2 aliphatic rings. The van der Waals surface area contributed by atoms with Gasteiger partial charge in [0, 0.05) is 18.0 Å². The molecule has 1 saturated heterocycles. The number of carbonyl (C=O) groups excluding carboxylic acids is 1. The van der Waals surface area contributed by atoms with Crippen LogP contribution < -0.4 is 4.90 Å². The minimum Gasteiger partial charge on any atom is -0.334 e. The van der Waals surface area contributed by atoms with Gasteiger partial charge in [-0.25, -0.2) is 4.99 Å². The molecule has 2 aromatic rings. The van der Waals surface area contributed by atoms with Crippen molar-refractivity contribution in [2.24, 2.45) is 4.99 Å². The van der Waals surface area contributed by atoms with E-state index in [2.05, 4.69) is 30.5 Å². The van der Waals surface area contributed by atoms with Crippen LogP contribution in [-0.4, -0.2) is 29.1 Å². The van der Waals surface area contributed by atoms with Crippen molar-refractivity contribution in [1.29, 1.82) is 0 Å². The number of hydrogen-bond donors (Lipinski definition) is 0. The first kappa shape index (κ1) is 18.9. The molecule has 0 saturated carbocycles. The van der Waals surface area contributed by atoms with Gasteiger partial charge in [0.05, 0.1) is 11.4 Å². The van der Waals surface area contributed by atoms with Gasteiger partial charge in [0.15, 0.2) is 5.17 Å². The van der Waals surface area contributed by atoms with Crippen molar-refractivity contribution in [3.8, 4) is 0 Å². The molecule has 1 amide bonds. The Hall–Kier alpha value is -2.44. The lowest BCUT2D eigenvalue weighted by Crippen LogP contribution is -2.30. The van der Waals surface area contributed by atoms with Gasteiger partial charge in [-0.1, -0.05) is 47.7 Å². The molecule has 2 heterocycles. The van der Waals surface area contributed by atoms with E-state index in [1.54, 1.807) is 22.7 Å². The molecule has 142 valence electrons. The van der Waals surface area contributed by atoms with Crippen LogP contribution in [0.1, 0.15) is 12.5 Å². The Labute approximate surface area is 174 Å². The van der Waals surface area contributed by atoms with Gasteiger partial charge in [-0.15, -0.1) is 6.58 Å². The number of anilines is 1. The number of thioether (sulfide) groups is 2. The normalized spacial score (nSPS) is 20.2. The van der Waals surface area contributed by atoms with Crippen LogP contribution in [0.5, 0.6) is 0 Å². The highest BCUT2D eigenvalue weighted by molar-refractivity contribution is 8.19. The molecule has 0 spiro atoms. The van der Waals surface area contributed by atoms with Gasteiger partial charge in [-0.3, -0.25) is 9.69 Å². The summed E-state index contributed by atoms with van der Waals surface area (Å²) >= 11 is 3.11. The number of rotatable bonds is 4. The summed E-state index contributed by atoms with van der Waals surface area (Å²) in [5.41, 5.74) is 3.18. The molecule has 28 heavy (non-hydrogen) atoms. The van der Waals surface area contributed by atoms with E-state index in [9.17, 15) is 4.79 Å². The van der Waals surface area contributed by atoms with E-state index in [4.69, 9.17) is 4.99 Å². The summed E-state index contributed by atoms with van der Waals surface area (Å²) in [6.45, 7) is 9.21. The fourth-order valence-electron chi connectivity index (χ4n) is 3.16. The van der Waals surface area contributed by atoms with Gasteiger partial charge in [0.2, 0.25) is 0 Å². The van der Waals surface area contributed by atoms with Gasteiger partial charge in [-0.2, -0.15) is 0 Å². The molecule has 2 aromatic carbocycles. The molecular formula is C22H21N3OS2. The third kappa shape index (κ3) is 3.38. The van der Waals surface area contributed by atoms with Crippen molar-refractivity contribution in [3.05, 3.63) is 76.7 Å². The zero-order chi connectivity index (χ0) is 19.7. The van der Waals surface area contributed by atoms with Crippen molar-refractivity contribution in [2.75, 3.05) is 18.0 Å². The maximum absolute atomic E-state index is 13.2. The molecule has 0 radical (unpaired) electrons. The SMILES string of the molecule is C=CCN1C(=O)/C(=C2/Sc3ccccc3N2CC)SC1=Nc1ccc(C)cc1. The molecule has 0 bridgehead atoms. The number of nitrogens with zero attached hydrogens (tertiary/aromatic N) is 3. The monoisotopic (exact) mass is 407 g/mol. The second kappa shape index (κ2) is 7.89. The Morgan fingerprint density at radius 3 is 2.54 bits per heavy atom. The first-order valence-corrected chi connectivity index (χ1v) is 10.8. The number of hydrogen-bond acceptors (Lipinski definition) is 5. The van der Waals surface area contributed by atoms with Crippen LogP contribution >= 0.6 is 23.5 Å². The summed E-state index contributed by atoms with van der Waals surface area (Å²) in [5.74, 6) is -0.00971. The highest BCUT2D eigenvalue weighted by Crippen LogP contribution is 2.50. The summed E-state index contributed by atoms with van der Waals surface area (Å²) in [6, 6.07) is 16.3. The second-order valence-corrected chi connectivity index (χ2v) is 8.49. The highest BCUT2D eigenvalue weighted by atomic mass is 32.2. The second-order valence-electron chi connectivity index (χ2n) is 6.48. The lowest BCUT2D eigenvalue weighted by Gasteiger charge is -2.19. The predicted molar refractivity (Wildman–Crippen MR) is 120 cm³/mol. The van der Waals surface area contributed by atoms with Gasteiger partial charge in [0.1, 0.15) is 9.93 Å². The number of aliphatic imine (C=N–C) groups is 1. The van der Waals surface area contributed by atoms with E-state index in [0.29, 0.717) is 11.7 Å². The minimum atomic E-state index is -0.00971. The molecule has 2 aliphatic heterocycles. The molecule has 0 atom stereocenters. The number of aryl methyl sites for hydroxylation is 1. The topological polar surface area (TPSA) is 35.9 Å². The number of benzene rings is 2. The molecule has 0 unspecified atom stereocenters. The number of amidine groups is 1.